The van der Waals surface area contributed by atoms with E-state index in [1.807, 2.05) is 13.8 Å². The van der Waals surface area contributed by atoms with Gasteiger partial charge in [-0.25, -0.2) is 0 Å². The van der Waals surface area contributed by atoms with E-state index in [1.165, 1.54) is 19.3 Å². The molecule has 0 aliphatic rings. The molecule has 124 valence electrons. The van der Waals surface area contributed by atoms with Gasteiger partial charge in [-0.2, -0.15) is 0 Å². The summed E-state index contributed by atoms with van der Waals surface area (Å²) in [7, 11) is 0. The van der Waals surface area contributed by atoms with E-state index < -0.39 is 0 Å². The molecule has 1 N–H and O–H groups in total. The maximum Gasteiger partial charge on any atom is 0.223 e. The Morgan fingerprint density at radius 1 is 0.857 bits per heavy atom. The summed E-state index contributed by atoms with van der Waals surface area (Å²) in [5.74, 6) is 0.229. The van der Waals surface area contributed by atoms with Crippen LogP contribution in [-0.2, 0) is 9.59 Å². The van der Waals surface area contributed by atoms with Gasteiger partial charge in [0.15, 0.2) is 5.78 Å². The highest BCUT2D eigenvalue weighted by atomic mass is 16.2. The van der Waals surface area contributed by atoms with E-state index in [0.717, 1.165) is 38.5 Å². The van der Waals surface area contributed by atoms with Crippen LogP contribution in [-0.4, -0.2) is 17.7 Å². The van der Waals surface area contributed by atoms with Crippen molar-refractivity contribution in [2.75, 3.05) is 0 Å². The maximum absolute atomic E-state index is 12.2. The molecule has 0 saturated heterocycles. The Bertz CT molecular complexity index is 289. The normalized spacial score (nSPS) is 13.7. The molecule has 2 atom stereocenters. The van der Waals surface area contributed by atoms with Crippen LogP contribution in [0.5, 0.6) is 0 Å². The fraction of sp³-hybridized carbons (Fsp3) is 0.889. The molecule has 1 amide bonds. The SMILES string of the molecule is CCCCCCC(C)C(=O)NC(CCCCC)C(=O)CC. The van der Waals surface area contributed by atoms with Crippen LogP contribution >= 0.6 is 0 Å². The molecular formula is C18H35NO2. The van der Waals surface area contributed by atoms with Crippen molar-refractivity contribution in [2.45, 2.75) is 97.9 Å². The minimum atomic E-state index is -0.271. The number of carbonyl (C=O) groups excluding carboxylic acids is 2. The number of Topliss-reactive ketones (excluding diaryl/α,β-unsaturated/α-hetero) is 1. The van der Waals surface area contributed by atoms with E-state index in [2.05, 4.69) is 19.2 Å². The van der Waals surface area contributed by atoms with Crippen LogP contribution in [0, 0.1) is 5.92 Å². The molecule has 0 rings (SSSR count). The number of hydrogen-bond acceptors (Lipinski definition) is 2. The minimum Gasteiger partial charge on any atom is -0.346 e. The molecule has 21 heavy (non-hydrogen) atoms. The second-order valence-corrected chi connectivity index (χ2v) is 6.13. The summed E-state index contributed by atoms with van der Waals surface area (Å²) in [6.45, 7) is 8.18. The van der Waals surface area contributed by atoms with Gasteiger partial charge >= 0.3 is 0 Å². The first kappa shape index (κ1) is 20.1. The molecule has 0 aromatic carbocycles. The van der Waals surface area contributed by atoms with Crippen LogP contribution in [0.4, 0.5) is 0 Å². The van der Waals surface area contributed by atoms with E-state index in [9.17, 15) is 9.59 Å². The van der Waals surface area contributed by atoms with Gasteiger partial charge in [-0.05, 0) is 12.8 Å². The number of hydrogen-bond donors (Lipinski definition) is 1. The first-order valence-corrected chi connectivity index (χ1v) is 8.89. The Labute approximate surface area is 131 Å². The van der Waals surface area contributed by atoms with E-state index in [-0.39, 0.29) is 23.7 Å². The number of amides is 1. The van der Waals surface area contributed by atoms with Gasteiger partial charge in [-0.15, -0.1) is 0 Å². The van der Waals surface area contributed by atoms with E-state index in [1.54, 1.807) is 0 Å². The topological polar surface area (TPSA) is 46.2 Å². The fourth-order valence-corrected chi connectivity index (χ4v) is 2.48. The molecule has 0 bridgehead atoms. The third kappa shape index (κ3) is 9.65. The largest absolute Gasteiger partial charge is 0.346 e. The third-order valence-corrected chi connectivity index (χ3v) is 4.09. The molecule has 0 saturated carbocycles. The molecule has 0 spiro atoms. The van der Waals surface area contributed by atoms with E-state index >= 15 is 0 Å². The highest BCUT2D eigenvalue weighted by Gasteiger charge is 2.21. The summed E-state index contributed by atoms with van der Waals surface area (Å²) in [6.07, 6.45) is 10.2. The van der Waals surface area contributed by atoms with Gasteiger partial charge in [0.05, 0.1) is 6.04 Å². The molecule has 2 unspecified atom stereocenters. The molecule has 3 nitrogen and oxygen atoms in total. The predicted molar refractivity (Wildman–Crippen MR) is 89.3 cm³/mol. The van der Waals surface area contributed by atoms with Crippen LogP contribution in [0.3, 0.4) is 0 Å². The van der Waals surface area contributed by atoms with Crippen molar-refractivity contribution in [2.24, 2.45) is 5.92 Å². The zero-order valence-corrected chi connectivity index (χ0v) is 14.5. The second-order valence-electron chi connectivity index (χ2n) is 6.13. The smallest absolute Gasteiger partial charge is 0.223 e. The molecule has 0 radical (unpaired) electrons. The highest BCUT2D eigenvalue weighted by molar-refractivity contribution is 5.89. The van der Waals surface area contributed by atoms with Crippen molar-refractivity contribution in [3.63, 3.8) is 0 Å². The zero-order valence-electron chi connectivity index (χ0n) is 14.5. The van der Waals surface area contributed by atoms with Gasteiger partial charge in [-0.3, -0.25) is 9.59 Å². The molecule has 0 heterocycles. The maximum atomic E-state index is 12.2. The Balaban J connectivity index is 4.20. The summed E-state index contributed by atoms with van der Waals surface area (Å²) in [5, 5.41) is 2.98. The lowest BCUT2D eigenvalue weighted by Crippen LogP contribution is -2.43. The zero-order chi connectivity index (χ0) is 16.1. The standard InChI is InChI=1S/C18H35NO2/c1-5-8-10-12-13-15(4)18(21)19-16(17(20)7-3)14-11-9-6-2/h15-16H,5-14H2,1-4H3,(H,19,21). The molecular weight excluding hydrogens is 262 g/mol. The van der Waals surface area contributed by atoms with Crippen molar-refractivity contribution in [3.8, 4) is 0 Å². The van der Waals surface area contributed by atoms with Gasteiger partial charge in [0.25, 0.3) is 0 Å². The molecule has 0 aromatic rings. The third-order valence-electron chi connectivity index (χ3n) is 4.09. The molecule has 0 fully saturated rings. The lowest BCUT2D eigenvalue weighted by atomic mass is 9.99. The summed E-state index contributed by atoms with van der Waals surface area (Å²) in [4.78, 5) is 24.2. The van der Waals surface area contributed by atoms with Crippen LogP contribution in [0.2, 0.25) is 0 Å². The van der Waals surface area contributed by atoms with Gasteiger partial charge in [0.1, 0.15) is 0 Å². The molecule has 0 aromatic heterocycles. The van der Waals surface area contributed by atoms with Gasteiger partial charge in [0.2, 0.25) is 5.91 Å². The monoisotopic (exact) mass is 297 g/mol. The highest BCUT2D eigenvalue weighted by Crippen LogP contribution is 2.12. The second kappa shape index (κ2) is 12.8. The summed E-state index contributed by atoms with van der Waals surface area (Å²) < 4.78 is 0. The lowest BCUT2D eigenvalue weighted by Gasteiger charge is -2.20. The van der Waals surface area contributed by atoms with Gasteiger partial charge in [0, 0.05) is 12.3 Å². The van der Waals surface area contributed by atoms with Crippen molar-refractivity contribution < 1.29 is 9.59 Å². The minimum absolute atomic E-state index is 0.0141. The molecule has 3 heteroatoms. The summed E-state index contributed by atoms with van der Waals surface area (Å²) >= 11 is 0. The number of rotatable bonds is 13. The van der Waals surface area contributed by atoms with Crippen LogP contribution in [0.15, 0.2) is 0 Å². The quantitative estimate of drug-likeness (QED) is 0.503. The lowest BCUT2D eigenvalue weighted by molar-refractivity contribution is -0.130. The van der Waals surface area contributed by atoms with Crippen molar-refractivity contribution in [1.82, 2.24) is 5.32 Å². The predicted octanol–water partition coefficient (Wildman–Crippen LogP) is 4.64. The van der Waals surface area contributed by atoms with Crippen LogP contribution in [0.1, 0.15) is 91.9 Å². The number of nitrogens with one attached hydrogen (secondary N) is 1. The average Bonchev–Trinajstić information content (AvgIpc) is 2.49. The fourth-order valence-electron chi connectivity index (χ4n) is 2.48. The molecule has 0 aliphatic heterocycles. The Kier molecular flexibility index (Phi) is 12.3. The van der Waals surface area contributed by atoms with Crippen LogP contribution < -0.4 is 5.32 Å². The van der Waals surface area contributed by atoms with E-state index in [0.29, 0.717) is 6.42 Å². The van der Waals surface area contributed by atoms with Crippen molar-refractivity contribution in [1.29, 1.82) is 0 Å². The average molecular weight is 297 g/mol. The van der Waals surface area contributed by atoms with Crippen molar-refractivity contribution in [3.05, 3.63) is 0 Å². The van der Waals surface area contributed by atoms with Gasteiger partial charge < -0.3 is 5.32 Å². The molecule has 0 aliphatic carbocycles. The Morgan fingerprint density at radius 2 is 1.43 bits per heavy atom. The van der Waals surface area contributed by atoms with Gasteiger partial charge in [-0.1, -0.05) is 72.6 Å². The van der Waals surface area contributed by atoms with E-state index in [4.69, 9.17) is 0 Å². The first-order valence-electron chi connectivity index (χ1n) is 8.89. The number of ketones is 1. The number of unbranched alkanes of at least 4 members (excludes halogenated alkanes) is 5. The Hall–Kier alpha value is -0.860. The first-order chi connectivity index (χ1) is 10.1. The van der Waals surface area contributed by atoms with Crippen molar-refractivity contribution >= 4 is 11.7 Å². The summed E-state index contributed by atoms with van der Waals surface area (Å²) in [5.41, 5.74) is 0. The van der Waals surface area contributed by atoms with Crippen LogP contribution in [0.25, 0.3) is 0 Å². The summed E-state index contributed by atoms with van der Waals surface area (Å²) in [6, 6.07) is -0.271. The number of carbonyl (C=O) groups is 2. The Morgan fingerprint density at radius 3 is 2.00 bits per heavy atom.